The van der Waals surface area contributed by atoms with Crippen LogP contribution < -0.4 is 11.5 Å². The number of hydrogen-bond donors (Lipinski definition) is 3. The molecule has 1 aromatic carbocycles. The summed E-state index contributed by atoms with van der Waals surface area (Å²) in [6.07, 6.45) is 0. The van der Waals surface area contributed by atoms with E-state index in [1.54, 1.807) is 30.0 Å². The second-order valence-corrected chi connectivity index (χ2v) is 4.78. The molecule has 0 bridgehead atoms. The van der Waals surface area contributed by atoms with Crippen molar-refractivity contribution in [2.75, 3.05) is 18.1 Å². The normalized spacial score (nSPS) is 12.4. The quantitative estimate of drug-likeness (QED) is 0.531. The topological polar surface area (TPSA) is 89.3 Å². The van der Waals surface area contributed by atoms with Crippen LogP contribution in [0.3, 0.4) is 0 Å². The van der Waals surface area contributed by atoms with Crippen molar-refractivity contribution in [3.8, 4) is 0 Å². The highest BCUT2D eigenvalue weighted by Gasteiger charge is 2.07. The van der Waals surface area contributed by atoms with E-state index in [1.807, 2.05) is 6.92 Å². The van der Waals surface area contributed by atoms with Crippen LogP contribution in [0.5, 0.6) is 0 Å². The first-order valence-electron chi connectivity index (χ1n) is 4.97. The van der Waals surface area contributed by atoms with Gasteiger partial charge in [0.1, 0.15) is 0 Å². The summed E-state index contributed by atoms with van der Waals surface area (Å²) < 4.78 is 0. The summed E-state index contributed by atoms with van der Waals surface area (Å²) >= 11 is 1.56. The van der Waals surface area contributed by atoms with E-state index in [9.17, 15) is 4.79 Å². The number of thioether (sulfide) groups is 1. The average Bonchev–Trinajstić information content (AvgIpc) is 2.26. The summed E-state index contributed by atoms with van der Waals surface area (Å²) in [5.41, 5.74) is 11.9. The van der Waals surface area contributed by atoms with E-state index in [1.165, 1.54) is 0 Å². The highest BCUT2D eigenvalue weighted by atomic mass is 32.2. The first kappa shape index (κ1) is 12.9. The minimum Gasteiger partial charge on any atom is -0.398 e. The van der Waals surface area contributed by atoms with Gasteiger partial charge in [-0.2, -0.15) is 0 Å². The molecule has 88 valence electrons. The smallest absolute Gasteiger partial charge is 0.248 e. The van der Waals surface area contributed by atoms with E-state index in [-0.39, 0.29) is 12.5 Å². The van der Waals surface area contributed by atoms with Crippen LogP contribution in [0.25, 0.3) is 0 Å². The van der Waals surface area contributed by atoms with Crippen molar-refractivity contribution in [1.82, 2.24) is 0 Å². The maximum atomic E-state index is 10.9. The molecule has 0 saturated carbocycles. The van der Waals surface area contributed by atoms with E-state index in [2.05, 4.69) is 0 Å². The number of nitrogens with two attached hydrogens (primary N) is 2. The summed E-state index contributed by atoms with van der Waals surface area (Å²) in [6.45, 7) is 2.12. The van der Waals surface area contributed by atoms with Gasteiger partial charge in [0.2, 0.25) is 5.91 Å². The number of aliphatic hydroxyl groups excluding tert-OH is 1. The molecule has 0 heterocycles. The molecule has 0 fully saturated rings. The van der Waals surface area contributed by atoms with Crippen molar-refractivity contribution >= 4 is 23.4 Å². The maximum Gasteiger partial charge on any atom is 0.248 e. The third kappa shape index (κ3) is 3.43. The number of amides is 1. The van der Waals surface area contributed by atoms with Crippen molar-refractivity contribution in [2.45, 2.75) is 11.8 Å². The molecule has 0 radical (unpaired) electrons. The van der Waals surface area contributed by atoms with Crippen LogP contribution in [0.2, 0.25) is 0 Å². The molecule has 1 unspecified atom stereocenters. The van der Waals surface area contributed by atoms with Gasteiger partial charge in [0, 0.05) is 28.5 Å². The molecule has 5 heteroatoms. The van der Waals surface area contributed by atoms with Crippen molar-refractivity contribution in [2.24, 2.45) is 11.7 Å². The molecule has 0 aliphatic carbocycles. The first-order valence-corrected chi connectivity index (χ1v) is 5.96. The van der Waals surface area contributed by atoms with Crippen LogP contribution in [-0.4, -0.2) is 23.4 Å². The zero-order chi connectivity index (χ0) is 12.1. The lowest BCUT2D eigenvalue weighted by atomic mass is 10.2. The van der Waals surface area contributed by atoms with Gasteiger partial charge in [0.05, 0.1) is 0 Å². The fourth-order valence-electron chi connectivity index (χ4n) is 1.12. The zero-order valence-corrected chi connectivity index (χ0v) is 9.96. The Morgan fingerprint density at radius 1 is 1.56 bits per heavy atom. The fraction of sp³-hybridized carbons (Fsp3) is 0.364. The van der Waals surface area contributed by atoms with Crippen LogP contribution in [0.15, 0.2) is 23.1 Å². The lowest BCUT2D eigenvalue weighted by molar-refractivity contribution is 0.100. The number of carbonyl (C=O) groups excluding carboxylic acids is 1. The molecule has 1 rings (SSSR count). The minimum absolute atomic E-state index is 0.159. The Morgan fingerprint density at radius 3 is 2.75 bits per heavy atom. The minimum atomic E-state index is -0.480. The predicted molar refractivity (Wildman–Crippen MR) is 66.3 cm³/mol. The second-order valence-electron chi connectivity index (χ2n) is 3.72. The van der Waals surface area contributed by atoms with Gasteiger partial charge >= 0.3 is 0 Å². The van der Waals surface area contributed by atoms with Crippen molar-refractivity contribution in [3.63, 3.8) is 0 Å². The van der Waals surface area contributed by atoms with Crippen LogP contribution in [0, 0.1) is 5.92 Å². The number of primary amides is 1. The largest absolute Gasteiger partial charge is 0.398 e. The average molecular weight is 240 g/mol. The highest BCUT2D eigenvalue weighted by molar-refractivity contribution is 7.99. The molecule has 1 aromatic rings. The lowest BCUT2D eigenvalue weighted by Crippen LogP contribution is -2.11. The number of hydrogen-bond acceptors (Lipinski definition) is 4. The van der Waals surface area contributed by atoms with Gasteiger partial charge in [-0.15, -0.1) is 11.8 Å². The Balaban J connectivity index is 2.72. The molecule has 0 aliphatic heterocycles. The summed E-state index contributed by atoms with van der Waals surface area (Å²) in [4.78, 5) is 11.8. The molecular weight excluding hydrogens is 224 g/mol. The van der Waals surface area contributed by atoms with Gasteiger partial charge in [-0.1, -0.05) is 6.92 Å². The number of carbonyl (C=O) groups is 1. The van der Waals surface area contributed by atoms with Crippen LogP contribution >= 0.6 is 11.8 Å². The molecule has 0 spiro atoms. The van der Waals surface area contributed by atoms with E-state index < -0.39 is 5.91 Å². The van der Waals surface area contributed by atoms with Crippen molar-refractivity contribution < 1.29 is 9.90 Å². The second kappa shape index (κ2) is 5.77. The van der Waals surface area contributed by atoms with E-state index in [0.29, 0.717) is 11.3 Å². The molecule has 0 aliphatic rings. The first-order chi connectivity index (χ1) is 7.54. The monoisotopic (exact) mass is 240 g/mol. The third-order valence-corrected chi connectivity index (χ3v) is 3.55. The highest BCUT2D eigenvalue weighted by Crippen LogP contribution is 2.27. The van der Waals surface area contributed by atoms with Crippen LogP contribution in [0.1, 0.15) is 17.3 Å². The predicted octanol–water partition coefficient (Wildman–Crippen LogP) is 1.09. The van der Waals surface area contributed by atoms with Gasteiger partial charge in [-0.25, -0.2) is 0 Å². The molecule has 1 amide bonds. The van der Waals surface area contributed by atoms with Gasteiger partial charge in [0.15, 0.2) is 0 Å². The van der Waals surface area contributed by atoms with E-state index >= 15 is 0 Å². The van der Waals surface area contributed by atoms with E-state index in [0.717, 1.165) is 10.6 Å². The summed E-state index contributed by atoms with van der Waals surface area (Å²) in [7, 11) is 0. The SMILES string of the molecule is CC(CO)CSc1ccc(C(N)=O)cc1N. The molecular formula is C11H16N2O2S. The zero-order valence-electron chi connectivity index (χ0n) is 9.14. The molecule has 0 aromatic heterocycles. The molecule has 16 heavy (non-hydrogen) atoms. The number of anilines is 1. The lowest BCUT2D eigenvalue weighted by Gasteiger charge is -2.09. The van der Waals surface area contributed by atoms with Gasteiger partial charge in [-0.05, 0) is 24.1 Å². The summed E-state index contributed by atoms with van der Waals surface area (Å²) in [6, 6.07) is 5.02. The Kier molecular flexibility index (Phi) is 4.64. The number of rotatable bonds is 5. The molecule has 5 N–H and O–H groups in total. The Hall–Kier alpha value is -1.20. The third-order valence-electron chi connectivity index (χ3n) is 2.13. The Labute approximate surface area is 99.0 Å². The number of nitrogen functional groups attached to an aromatic ring is 1. The van der Waals surface area contributed by atoms with E-state index in [4.69, 9.17) is 16.6 Å². The molecule has 4 nitrogen and oxygen atoms in total. The summed E-state index contributed by atoms with van der Waals surface area (Å²) in [5, 5.41) is 8.89. The van der Waals surface area contributed by atoms with Gasteiger partial charge in [-0.3, -0.25) is 4.79 Å². The van der Waals surface area contributed by atoms with Crippen molar-refractivity contribution in [1.29, 1.82) is 0 Å². The van der Waals surface area contributed by atoms with Crippen LogP contribution in [0.4, 0.5) is 5.69 Å². The van der Waals surface area contributed by atoms with Crippen LogP contribution in [-0.2, 0) is 0 Å². The molecule has 1 atom stereocenters. The fourth-order valence-corrected chi connectivity index (χ4v) is 2.08. The Bertz CT molecular complexity index is 382. The number of benzene rings is 1. The van der Waals surface area contributed by atoms with Gasteiger partial charge < -0.3 is 16.6 Å². The standard InChI is InChI=1S/C11H16N2O2S/c1-7(5-14)6-16-10-3-2-8(11(13)15)4-9(10)12/h2-4,7,14H,5-6,12H2,1H3,(H2,13,15). The number of aliphatic hydroxyl groups is 1. The van der Waals surface area contributed by atoms with Gasteiger partial charge in [0.25, 0.3) is 0 Å². The Morgan fingerprint density at radius 2 is 2.25 bits per heavy atom. The van der Waals surface area contributed by atoms with Crippen molar-refractivity contribution in [3.05, 3.63) is 23.8 Å². The molecule has 0 saturated heterocycles. The maximum absolute atomic E-state index is 10.9. The summed E-state index contributed by atoms with van der Waals surface area (Å²) in [5.74, 6) is 0.531.